The van der Waals surface area contributed by atoms with Crippen LogP contribution in [0.4, 0.5) is 0 Å². The highest BCUT2D eigenvalue weighted by atomic mass is 32.1. The molecule has 5 nitrogen and oxygen atoms in total. The number of nitrogens with zero attached hydrogens (tertiary/aromatic N) is 2. The molecule has 2 aromatic heterocycles. The topological polar surface area (TPSA) is 62.5 Å². The van der Waals surface area contributed by atoms with Crippen molar-refractivity contribution in [3.05, 3.63) is 39.4 Å². The third-order valence-corrected chi connectivity index (χ3v) is 4.34. The summed E-state index contributed by atoms with van der Waals surface area (Å²) in [5, 5.41) is 12.7. The molecule has 22 heavy (non-hydrogen) atoms. The minimum atomic E-state index is 0.793. The van der Waals surface area contributed by atoms with Crippen LogP contribution in [0.5, 0.6) is 0 Å². The van der Waals surface area contributed by atoms with Crippen LogP contribution in [0.3, 0.4) is 0 Å². The molecule has 0 fully saturated rings. The number of guanidine groups is 1. The van der Waals surface area contributed by atoms with Crippen LogP contribution in [-0.4, -0.2) is 30.8 Å². The molecule has 2 rings (SSSR count). The Hall–Kier alpha value is -1.82. The minimum absolute atomic E-state index is 0.793. The molecule has 0 bridgehead atoms. The molecular weight excluding hydrogens is 296 g/mol. The van der Waals surface area contributed by atoms with Crippen LogP contribution in [0.2, 0.25) is 0 Å². The highest BCUT2D eigenvalue weighted by molar-refractivity contribution is 7.09. The molecule has 0 amide bonds. The highest BCUT2D eigenvalue weighted by Crippen LogP contribution is 2.12. The van der Waals surface area contributed by atoms with E-state index in [4.69, 9.17) is 4.52 Å². The van der Waals surface area contributed by atoms with Gasteiger partial charge < -0.3 is 15.2 Å². The van der Waals surface area contributed by atoms with Crippen molar-refractivity contribution in [2.24, 2.45) is 4.99 Å². The molecule has 0 radical (unpaired) electrons. The molecule has 0 aromatic carbocycles. The van der Waals surface area contributed by atoms with Crippen LogP contribution in [0.1, 0.15) is 28.8 Å². The Morgan fingerprint density at radius 2 is 2.18 bits per heavy atom. The normalized spacial score (nSPS) is 11.7. The summed E-state index contributed by atoms with van der Waals surface area (Å²) in [6.45, 7) is 8.47. The zero-order valence-electron chi connectivity index (χ0n) is 13.5. The molecule has 2 heterocycles. The fourth-order valence-electron chi connectivity index (χ4n) is 2.24. The lowest BCUT2D eigenvalue weighted by Gasteiger charge is -2.11. The van der Waals surface area contributed by atoms with Crippen molar-refractivity contribution in [2.75, 3.05) is 19.6 Å². The smallest absolute Gasteiger partial charge is 0.191 e. The fourth-order valence-corrected chi connectivity index (χ4v) is 2.94. The summed E-state index contributed by atoms with van der Waals surface area (Å²) in [6, 6.07) is 4.23. The van der Waals surface area contributed by atoms with Crippen molar-refractivity contribution in [3.63, 3.8) is 0 Å². The number of rotatable bonds is 7. The fraction of sp³-hybridized carbons (Fsp3) is 0.500. The first-order valence-electron chi connectivity index (χ1n) is 7.67. The first-order valence-corrected chi connectivity index (χ1v) is 8.55. The molecule has 0 aliphatic rings. The second kappa shape index (κ2) is 8.58. The quantitative estimate of drug-likeness (QED) is 0.608. The average Bonchev–Trinajstić information content (AvgIpc) is 3.12. The molecule has 0 atom stereocenters. The second-order valence-corrected chi connectivity index (χ2v) is 6.10. The van der Waals surface area contributed by atoms with Crippen LogP contribution in [-0.2, 0) is 12.8 Å². The van der Waals surface area contributed by atoms with Gasteiger partial charge in [0, 0.05) is 36.5 Å². The van der Waals surface area contributed by atoms with Crippen LogP contribution in [0, 0.1) is 13.8 Å². The van der Waals surface area contributed by atoms with Crippen molar-refractivity contribution in [3.8, 4) is 0 Å². The van der Waals surface area contributed by atoms with Crippen LogP contribution >= 0.6 is 11.3 Å². The lowest BCUT2D eigenvalue weighted by atomic mass is 10.1. The standard InChI is InChI=1S/C16H24N4OS/c1-4-17-16(18-9-7-14-6-5-11-22-14)19-10-8-15-12(2)20-21-13(15)3/h5-6,11H,4,7-10H2,1-3H3,(H2,17,18,19). The summed E-state index contributed by atoms with van der Waals surface area (Å²) in [5.74, 6) is 1.77. The third kappa shape index (κ3) is 4.87. The number of thiophene rings is 1. The summed E-state index contributed by atoms with van der Waals surface area (Å²) < 4.78 is 5.18. The van der Waals surface area contributed by atoms with E-state index in [1.54, 1.807) is 11.3 Å². The summed E-state index contributed by atoms with van der Waals surface area (Å²) in [7, 11) is 0. The maximum atomic E-state index is 5.18. The van der Waals surface area contributed by atoms with E-state index >= 15 is 0 Å². The molecule has 6 heteroatoms. The molecule has 120 valence electrons. The second-order valence-electron chi connectivity index (χ2n) is 5.07. The number of hydrogen-bond acceptors (Lipinski definition) is 4. The van der Waals surface area contributed by atoms with Gasteiger partial charge in [0.2, 0.25) is 0 Å². The van der Waals surface area contributed by atoms with Gasteiger partial charge in [0.05, 0.1) is 5.69 Å². The van der Waals surface area contributed by atoms with E-state index in [1.165, 1.54) is 10.4 Å². The predicted octanol–water partition coefficient (Wildman–Crippen LogP) is 2.69. The van der Waals surface area contributed by atoms with Crippen LogP contribution in [0.15, 0.2) is 27.0 Å². The first-order chi connectivity index (χ1) is 10.7. The minimum Gasteiger partial charge on any atom is -0.361 e. The summed E-state index contributed by atoms with van der Waals surface area (Å²) in [5.41, 5.74) is 2.15. The molecule has 2 aromatic rings. The molecule has 0 spiro atoms. The molecular formula is C16H24N4OS. The monoisotopic (exact) mass is 320 g/mol. The van der Waals surface area contributed by atoms with Crippen molar-refractivity contribution in [1.82, 2.24) is 15.8 Å². The summed E-state index contributed by atoms with van der Waals surface area (Å²) >= 11 is 1.78. The van der Waals surface area contributed by atoms with Gasteiger partial charge in [0.1, 0.15) is 5.76 Å². The van der Waals surface area contributed by atoms with E-state index in [0.29, 0.717) is 0 Å². The van der Waals surface area contributed by atoms with Gasteiger partial charge in [-0.1, -0.05) is 11.2 Å². The third-order valence-electron chi connectivity index (χ3n) is 3.40. The maximum Gasteiger partial charge on any atom is 0.191 e. The molecule has 0 aliphatic heterocycles. The van der Waals surface area contributed by atoms with E-state index in [0.717, 1.165) is 49.9 Å². The zero-order chi connectivity index (χ0) is 15.8. The maximum absolute atomic E-state index is 5.18. The molecule has 0 saturated heterocycles. The Balaban J connectivity index is 1.80. The summed E-state index contributed by atoms with van der Waals surface area (Å²) in [4.78, 5) is 5.98. The van der Waals surface area contributed by atoms with Crippen molar-refractivity contribution >= 4 is 17.3 Å². The number of hydrogen-bond donors (Lipinski definition) is 2. The van der Waals surface area contributed by atoms with E-state index < -0.39 is 0 Å². The number of aromatic nitrogens is 1. The molecule has 0 unspecified atom stereocenters. The van der Waals surface area contributed by atoms with Crippen molar-refractivity contribution in [2.45, 2.75) is 33.6 Å². The Bertz CT molecular complexity index is 570. The van der Waals surface area contributed by atoms with E-state index in [-0.39, 0.29) is 0 Å². The van der Waals surface area contributed by atoms with Gasteiger partial charge in [-0.05, 0) is 38.6 Å². The highest BCUT2D eigenvalue weighted by Gasteiger charge is 2.08. The van der Waals surface area contributed by atoms with Gasteiger partial charge in [-0.2, -0.15) is 0 Å². The largest absolute Gasteiger partial charge is 0.361 e. The van der Waals surface area contributed by atoms with Crippen LogP contribution in [0.25, 0.3) is 0 Å². The van der Waals surface area contributed by atoms with E-state index in [1.807, 2.05) is 13.8 Å². The SMILES string of the molecule is CCNC(=NCCc1cccs1)NCCc1c(C)noc1C. The summed E-state index contributed by atoms with van der Waals surface area (Å²) in [6.07, 6.45) is 1.87. The Morgan fingerprint density at radius 1 is 1.32 bits per heavy atom. The van der Waals surface area contributed by atoms with E-state index in [9.17, 15) is 0 Å². The number of nitrogens with one attached hydrogen (secondary N) is 2. The Morgan fingerprint density at radius 3 is 2.82 bits per heavy atom. The van der Waals surface area contributed by atoms with Gasteiger partial charge >= 0.3 is 0 Å². The first kappa shape index (κ1) is 16.5. The van der Waals surface area contributed by atoms with Gasteiger partial charge in [0.15, 0.2) is 5.96 Å². The van der Waals surface area contributed by atoms with Crippen LogP contribution < -0.4 is 10.6 Å². The van der Waals surface area contributed by atoms with Gasteiger partial charge in [-0.15, -0.1) is 11.3 Å². The van der Waals surface area contributed by atoms with Gasteiger partial charge in [-0.25, -0.2) is 0 Å². The lowest BCUT2D eigenvalue weighted by molar-refractivity contribution is 0.392. The predicted molar refractivity (Wildman–Crippen MR) is 91.7 cm³/mol. The molecule has 0 aliphatic carbocycles. The lowest BCUT2D eigenvalue weighted by Crippen LogP contribution is -2.38. The van der Waals surface area contributed by atoms with Crippen molar-refractivity contribution in [1.29, 1.82) is 0 Å². The van der Waals surface area contributed by atoms with Gasteiger partial charge in [-0.3, -0.25) is 4.99 Å². The Kier molecular flexibility index (Phi) is 6.45. The Labute approximate surface area is 135 Å². The zero-order valence-corrected chi connectivity index (χ0v) is 14.3. The van der Waals surface area contributed by atoms with E-state index in [2.05, 4.69) is 45.2 Å². The average molecular weight is 320 g/mol. The number of aryl methyl sites for hydroxylation is 2. The van der Waals surface area contributed by atoms with Crippen molar-refractivity contribution < 1.29 is 4.52 Å². The molecule has 2 N–H and O–H groups in total. The molecule has 0 saturated carbocycles. The van der Waals surface area contributed by atoms with Gasteiger partial charge in [0.25, 0.3) is 0 Å². The number of aliphatic imine (C=N–C) groups is 1.